The Morgan fingerprint density at radius 2 is 1.74 bits per heavy atom. The SMILES string of the molecule is Fc1cccc(Cl)c1-c1cc(Br)cc(C(F)(F)F)c1. The molecule has 2 rings (SSSR count). The van der Waals surface area contributed by atoms with E-state index in [9.17, 15) is 17.6 Å². The molecule has 0 atom stereocenters. The van der Waals surface area contributed by atoms with Crippen LogP contribution in [-0.2, 0) is 6.18 Å². The summed E-state index contributed by atoms with van der Waals surface area (Å²) in [5.74, 6) is -0.668. The second-order valence-corrected chi connectivity index (χ2v) is 5.15. The highest BCUT2D eigenvalue weighted by atomic mass is 79.9. The highest BCUT2D eigenvalue weighted by Gasteiger charge is 2.31. The number of benzene rings is 2. The molecule has 0 aromatic heterocycles. The zero-order valence-electron chi connectivity index (χ0n) is 9.23. The second-order valence-electron chi connectivity index (χ2n) is 3.82. The van der Waals surface area contributed by atoms with Crippen molar-refractivity contribution >= 4 is 27.5 Å². The average molecular weight is 354 g/mol. The van der Waals surface area contributed by atoms with Gasteiger partial charge in [0.15, 0.2) is 0 Å². The van der Waals surface area contributed by atoms with Crippen molar-refractivity contribution in [2.75, 3.05) is 0 Å². The van der Waals surface area contributed by atoms with E-state index < -0.39 is 17.6 Å². The van der Waals surface area contributed by atoms with E-state index in [4.69, 9.17) is 11.6 Å². The molecule has 100 valence electrons. The molecule has 0 bridgehead atoms. The molecular weight excluding hydrogens is 347 g/mol. The van der Waals surface area contributed by atoms with Crippen LogP contribution in [0.25, 0.3) is 11.1 Å². The van der Waals surface area contributed by atoms with Gasteiger partial charge in [0.05, 0.1) is 10.6 Å². The van der Waals surface area contributed by atoms with Crippen LogP contribution in [0.1, 0.15) is 5.56 Å². The highest BCUT2D eigenvalue weighted by Crippen LogP contribution is 2.37. The minimum absolute atomic E-state index is 0.0454. The first-order chi connectivity index (χ1) is 8.79. The van der Waals surface area contributed by atoms with Gasteiger partial charge in [0.1, 0.15) is 5.82 Å². The van der Waals surface area contributed by atoms with Gasteiger partial charge < -0.3 is 0 Å². The van der Waals surface area contributed by atoms with Gasteiger partial charge in [-0.15, -0.1) is 0 Å². The van der Waals surface area contributed by atoms with Crippen molar-refractivity contribution in [2.45, 2.75) is 6.18 Å². The van der Waals surface area contributed by atoms with E-state index >= 15 is 0 Å². The van der Waals surface area contributed by atoms with Crippen molar-refractivity contribution in [3.8, 4) is 11.1 Å². The third kappa shape index (κ3) is 3.09. The summed E-state index contributed by atoms with van der Waals surface area (Å²) in [5, 5.41) is 0.0613. The summed E-state index contributed by atoms with van der Waals surface area (Å²) in [7, 11) is 0. The highest BCUT2D eigenvalue weighted by molar-refractivity contribution is 9.10. The van der Waals surface area contributed by atoms with Crippen molar-refractivity contribution in [3.63, 3.8) is 0 Å². The monoisotopic (exact) mass is 352 g/mol. The van der Waals surface area contributed by atoms with Crippen LogP contribution >= 0.6 is 27.5 Å². The lowest BCUT2D eigenvalue weighted by Gasteiger charge is -2.11. The molecule has 0 nitrogen and oxygen atoms in total. The topological polar surface area (TPSA) is 0 Å². The van der Waals surface area contributed by atoms with Gasteiger partial charge in [0, 0.05) is 10.0 Å². The van der Waals surface area contributed by atoms with Gasteiger partial charge >= 0.3 is 6.18 Å². The first-order valence-corrected chi connectivity index (χ1v) is 6.28. The normalized spacial score (nSPS) is 11.7. The number of rotatable bonds is 1. The molecule has 0 spiro atoms. The molecule has 0 aliphatic heterocycles. The predicted molar refractivity (Wildman–Crippen MR) is 69.5 cm³/mol. The Bertz CT molecular complexity index is 602. The van der Waals surface area contributed by atoms with Crippen LogP contribution in [-0.4, -0.2) is 0 Å². The van der Waals surface area contributed by atoms with Crippen LogP contribution in [0.5, 0.6) is 0 Å². The fourth-order valence-electron chi connectivity index (χ4n) is 1.67. The number of halogens is 6. The first-order valence-electron chi connectivity index (χ1n) is 5.11. The summed E-state index contributed by atoms with van der Waals surface area (Å²) in [6.07, 6.45) is -4.50. The Morgan fingerprint density at radius 3 is 2.32 bits per heavy atom. The molecule has 0 heterocycles. The summed E-state index contributed by atoms with van der Waals surface area (Å²) in [4.78, 5) is 0. The van der Waals surface area contributed by atoms with Crippen LogP contribution in [0.4, 0.5) is 17.6 Å². The predicted octanol–water partition coefficient (Wildman–Crippen LogP) is 5.93. The van der Waals surface area contributed by atoms with Crippen LogP contribution < -0.4 is 0 Å². The standard InChI is InChI=1S/C13H6BrClF4/c14-9-5-7(4-8(6-9)13(17,18)19)12-10(15)2-1-3-11(12)16/h1-6H. The van der Waals surface area contributed by atoms with E-state index in [1.54, 1.807) is 0 Å². The summed E-state index contributed by atoms with van der Waals surface area (Å²) < 4.78 is 52.1. The molecule has 0 unspecified atom stereocenters. The quantitative estimate of drug-likeness (QED) is 0.558. The average Bonchev–Trinajstić information content (AvgIpc) is 2.26. The minimum atomic E-state index is -4.50. The van der Waals surface area contributed by atoms with Gasteiger partial charge in [-0.05, 0) is 35.9 Å². The number of hydrogen-bond donors (Lipinski definition) is 0. The van der Waals surface area contributed by atoms with Crippen LogP contribution in [0.2, 0.25) is 5.02 Å². The Labute approximate surface area is 120 Å². The lowest BCUT2D eigenvalue weighted by Crippen LogP contribution is -2.05. The largest absolute Gasteiger partial charge is 0.416 e. The molecular formula is C13H6BrClF4. The maximum atomic E-state index is 13.7. The van der Waals surface area contributed by atoms with Gasteiger partial charge in [-0.1, -0.05) is 33.6 Å². The summed E-state index contributed by atoms with van der Waals surface area (Å²) in [6, 6.07) is 7.15. The molecule has 6 heteroatoms. The van der Waals surface area contributed by atoms with Crippen LogP contribution in [0.3, 0.4) is 0 Å². The van der Waals surface area contributed by atoms with Crippen molar-refractivity contribution in [1.29, 1.82) is 0 Å². The summed E-state index contributed by atoms with van der Waals surface area (Å²) in [6.45, 7) is 0. The zero-order chi connectivity index (χ0) is 14.2. The van der Waals surface area contributed by atoms with Crippen LogP contribution in [0, 0.1) is 5.82 Å². The molecule has 0 aliphatic rings. The van der Waals surface area contributed by atoms with Gasteiger partial charge in [-0.3, -0.25) is 0 Å². The van der Waals surface area contributed by atoms with E-state index in [2.05, 4.69) is 15.9 Å². The molecule has 0 N–H and O–H groups in total. The summed E-state index contributed by atoms with van der Waals surface area (Å²) >= 11 is 8.83. The van der Waals surface area contributed by atoms with Gasteiger partial charge in [-0.2, -0.15) is 13.2 Å². The van der Waals surface area contributed by atoms with Gasteiger partial charge in [-0.25, -0.2) is 4.39 Å². The Morgan fingerprint density at radius 1 is 1.05 bits per heavy atom. The van der Waals surface area contributed by atoms with Gasteiger partial charge in [0.25, 0.3) is 0 Å². The fourth-order valence-corrected chi connectivity index (χ4v) is 2.44. The number of hydrogen-bond acceptors (Lipinski definition) is 0. The fraction of sp³-hybridized carbons (Fsp3) is 0.0769. The molecule has 0 fully saturated rings. The smallest absolute Gasteiger partial charge is 0.206 e. The maximum Gasteiger partial charge on any atom is 0.416 e. The first kappa shape index (κ1) is 14.3. The number of alkyl halides is 3. The third-order valence-corrected chi connectivity index (χ3v) is 3.25. The van der Waals surface area contributed by atoms with E-state index in [0.717, 1.165) is 18.2 Å². The van der Waals surface area contributed by atoms with Crippen molar-refractivity contribution < 1.29 is 17.6 Å². The van der Waals surface area contributed by atoms with E-state index in [0.29, 0.717) is 0 Å². The van der Waals surface area contributed by atoms with Crippen molar-refractivity contribution in [1.82, 2.24) is 0 Å². The molecule has 19 heavy (non-hydrogen) atoms. The van der Waals surface area contributed by atoms with Crippen LogP contribution in [0.15, 0.2) is 40.9 Å². The van der Waals surface area contributed by atoms with E-state index in [1.165, 1.54) is 18.2 Å². The Kier molecular flexibility index (Phi) is 3.87. The lowest BCUT2D eigenvalue weighted by molar-refractivity contribution is -0.137. The molecule has 0 aliphatic carbocycles. The second kappa shape index (κ2) is 5.13. The molecule has 0 saturated carbocycles. The van der Waals surface area contributed by atoms with Gasteiger partial charge in [0.2, 0.25) is 0 Å². The molecule has 0 amide bonds. The Hall–Kier alpha value is -1.07. The minimum Gasteiger partial charge on any atom is -0.206 e. The molecule has 0 radical (unpaired) electrons. The third-order valence-electron chi connectivity index (χ3n) is 2.48. The summed E-state index contributed by atoms with van der Waals surface area (Å²) in [5.41, 5.74) is -0.836. The lowest BCUT2D eigenvalue weighted by atomic mass is 10.0. The molecule has 2 aromatic carbocycles. The van der Waals surface area contributed by atoms with E-state index in [1.807, 2.05) is 0 Å². The van der Waals surface area contributed by atoms with Crippen molar-refractivity contribution in [2.24, 2.45) is 0 Å². The molecule has 2 aromatic rings. The van der Waals surface area contributed by atoms with Crippen molar-refractivity contribution in [3.05, 3.63) is 57.3 Å². The maximum absolute atomic E-state index is 13.7. The Balaban J connectivity index is 2.67. The molecule has 0 saturated heterocycles. The van der Waals surface area contributed by atoms with E-state index in [-0.39, 0.29) is 20.6 Å². The zero-order valence-corrected chi connectivity index (χ0v) is 11.6.